The molecule has 0 spiro atoms. The lowest BCUT2D eigenvalue weighted by Crippen LogP contribution is -2.03. The van der Waals surface area contributed by atoms with E-state index >= 15 is 0 Å². The Morgan fingerprint density at radius 1 is 1.12 bits per heavy atom. The highest BCUT2D eigenvalue weighted by molar-refractivity contribution is 7.11. The lowest BCUT2D eigenvalue weighted by atomic mass is 10.2. The number of thiophene rings is 1. The molecule has 0 aliphatic heterocycles. The van der Waals surface area contributed by atoms with E-state index in [1.54, 1.807) is 17.7 Å². The van der Waals surface area contributed by atoms with Crippen LogP contribution in [0.3, 0.4) is 0 Å². The van der Waals surface area contributed by atoms with E-state index in [1.807, 2.05) is 29.8 Å². The zero-order chi connectivity index (χ0) is 17.9. The Balaban J connectivity index is 1.71. The van der Waals surface area contributed by atoms with Crippen LogP contribution in [0.15, 0.2) is 59.3 Å². The van der Waals surface area contributed by atoms with E-state index < -0.39 is 0 Å². The fourth-order valence-corrected chi connectivity index (χ4v) is 3.62. The maximum absolute atomic E-state index is 4.54. The Bertz CT molecular complexity index is 1050. The summed E-state index contributed by atoms with van der Waals surface area (Å²) in [6.45, 7) is 5.02. The fraction of sp³-hybridized carbons (Fsp3) is 0.150. The first-order chi connectivity index (χ1) is 12.7. The van der Waals surface area contributed by atoms with Crippen molar-refractivity contribution in [2.24, 2.45) is 5.10 Å². The number of benzene rings is 1. The van der Waals surface area contributed by atoms with Gasteiger partial charge < -0.3 is 4.57 Å². The van der Waals surface area contributed by atoms with Crippen molar-refractivity contribution >= 4 is 34.4 Å². The second-order valence-corrected chi connectivity index (χ2v) is 7.07. The van der Waals surface area contributed by atoms with Crippen LogP contribution in [-0.2, 0) is 6.54 Å². The second-order valence-electron chi connectivity index (χ2n) is 6.09. The molecule has 0 bridgehead atoms. The average Bonchev–Trinajstić information content (AvgIpc) is 3.26. The van der Waals surface area contributed by atoms with Crippen molar-refractivity contribution in [1.29, 1.82) is 0 Å². The molecule has 0 aliphatic rings. The molecule has 0 aliphatic carbocycles. The number of aryl methyl sites for hydroxylation is 1. The van der Waals surface area contributed by atoms with E-state index in [0.717, 1.165) is 28.3 Å². The van der Waals surface area contributed by atoms with Crippen LogP contribution in [0.1, 0.15) is 21.7 Å². The van der Waals surface area contributed by atoms with Crippen LogP contribution < -0.4 is 5.43 Å². The van der Waals surface area contributed by atoms with Gasteiger partial charge >= 0.3 is 0 Å². The molecular weight excluding hydrogens is 342 g/mol. The molecular formula is C20H19N5S. The molecule has 0 saturated heterocycles. The van der Waals surface area contributed by atoms with Gasteiger partial charge in [0, 0.05) is 17.1 Å². The average molecular weight is 361 g/mol. The Labute approximate surface area is 156 Å². The van der Waals surface area contributed by atoms with E-state index in [9.17, 15) is 0 Å². The van der Waals surface area contributed by atoms with Gasteiger partial charge in [-0.2, -0.15) is 5.10 Å². The van der Waals surface area contributed by atoms with Gasteiger partial charge in [-0.3, -0.25) is 5.43 Å². The molecule has 3 aromatic heterocycles. The van der Waals surface area contributed by atoms with Gasteiger partial charge in [-0.1, -0.05) is 36.4 Å². The quantitative estimate of drug-likeness (QED) is 0.417. The first-order valence-electron chi connectivity index (χ1n) is 8.41. The molecule has 1 N–H and O–H groups in total. The van der Waals surface area contributed by atoms with Gasteiger partial charge in [0.2, 0.25) is 0 Å². The fourth-order valence-electron chi connectivity index (χ4n) is 3.03. The third kappa shape index (κ3) is 3.11. The lowest BCUT2D eigenvalue weighted by Gasteiger charge is -2.08. The summed E-state index contributed by atoms with van der Waals surface area (Å²) < 4.78 is 2.23. The molecule has 26 heavy (non-hydrogen) atoms. The molecule has 0 unspecified atom stereocenters. The summed E-state index contributed by atoms with van der Waals surface area (Å²) in [4.78, 5) is 10.0. The molecule has 3 heterocycles. The SMILES string of the molecule is Cc1c(C)n(Cc2ccccc2)c2ncnc(NN=Cc3cccs3)c12. The van der Waals surface area contributed by atoms with Gasteiger partial charge in [0.15, 0.2) is 5.82 Å². The third-order valence-electron chi connectivity index (χ3n) is 4.49. The maximum Gasteiger partial charge on any atom is 0.159 e. The molecule has 5 nitrogen and oxygen atoms in total. The van der Waals surface area contributed by atoms with Crippen molar-refractivity contribution in [2.45, 2.75) is 20.4 Å². The summed E-state index contributed by atoms with van der Waals surface area (Å²) in [5, 5.41) is 7.38. The molecule has 130 valence electrons. The zero-order valence-electron chi connectivity index (χ0n) is 14.7. The maximum atomic E-state index is 4.54. The summed E-state index contributed by atoms with van der Waals surface area (Å²) in [6, 6.07) is 14.4. The number of aromatic nitrogens is 3. The highest BCUT2D eigenvalue weighted by Crippen LogP contribution is 2.29. The molecule has 0 fully saturated rings. The molecule has 4 aromatic rings. The Morgan fingerprint density at radius 3 is 2.73 bits per heavy atom. The van der Waals surface area contributed by atoms with Crippen LogP contribution in [0.5, 0.6) is 0 Å². The molecule has 0 atom stereocenters. The first kappa shape index (κ1) is 16.5. The summed E-state index contributed by atoms with van der Waals surface area (Å²) in [7, 11) is 0. The smallest absolute Gasteiger partial charge is 0.159 e. The molecule has 1 aromatic carbocycles. The zero-order valence-corrected chi connectivity index (χ0v) is 15.5. The molecule has 0 amide bonds. The number of rotatable bonds is 5. The highest BCUT2D eigenvalue weighted by Gasteiger charge is 2.16. The number of anilines is 1. The standard InChI is InChI=1S/C20H19N5S/c1-14-15(2)25(12-16-7-4-3-5-8-16)20-18(14)19(21-13-22-20)24-23-11-17-9-6-10-26-17/h3-11,13H,12H2,1-2H3,(H,21,22,24). The minimum absolute atomic E-state index is 0.732. The summed E-state index contributed by atoms with van der Waals surface area (Å²) >= 11 is 1.65. The van der Waals surface area contributed by atoms with Crippen molar-refractivity contribution < 1.29 is 0 Å². The number of nitrogens with zero attached hydrogens (tertiary/aromatic N) is 4. The van der Waals surface area contributed by atoms with Crippen LogP contribution in [0.4, 0.5) is 5.82 Å². The number of fused-ring (bicyclic) bond motifs is 1. The van der Waals surface area contributed by atoms with Crippen molar-refractivity contribution in [3.05, 3.63) is 75.9 Å². The van der Waals surface area contributed by atoms with Crippen molar-refractivity contribution in [2.75, 3.05) is 5.43 Å². The van der Waals surface area contributed by atoms with E-state index in [-0.39, 0.29) is 0 Å². The van der Waals surface area contributed by atoms with Crippen molar-refractivity contribution in [3.8, 4) is 0 Å². The van der Waals surface area contributed by atoms with Gasteiger partial charge in [0.25, 0.3) is 0 Å². The Hall–Kier alpha value is -2.99. The van der Waals surface area contributed by atoms with E-state index in [1.165, 1.54) is 16.8 Å². The number of hydrazone groups is 1. The van der Waals surface area contributed by atoms with E-state index in [2.05, 4.69) is 63.2 Å². The Morgan fingerprint density at radius 2 is 1.96 bits per heavy atom. The molecule has 0 radical (unpaired) electrons. The summed E-state index contributed by atoms with van der Waals surface area (Å²) in [6.07, 6.45) is 3.40. The Kier molecular flexibility index (Phi) is 4.50. The van der Waals surface area contributed by atoms with E-state index in [0.29, 0.717) is 0 Å². The summed E-state index contributed by atoms with van der Waals surface area (Å²) in [5.41, 5.74) is 7.61. The van der Waals surface area contributed by atoms with Crippen molar-refractivity contribution in [3.63, 3.8) is 0 Å². The van der Waals surface area contributed by atoms with Crippen LogP contribution >= 0.6 is 11.3 Å². The highest BCUT2D eigenvalue weighted by atomic mass is 32.1. The monoisotopic (exact) mass is 361 g/mol. The number of hydrogen-bond donors (Lipinski definition) is 1. The molecule has 6 heteroatoms. The van der Waals surface area contributed by atoms with Crippen molar-refractivity contribution in [1.82, 2.24) is 14.5 Å². The van der Waals surface area contributed by atoms with Crippen LogP contribution in [0.25, 0.3) is 11.0 Å². The predicted octanol–water partition coefficient (Wildman–Crippen LogP) is 4.60. The summed E-state index contributed by atoms with van der Waals surface area (Å²) in [5.74, 6) is 0.732. The molecule has 4 rings (SSSR count). The minimum Gasteiger partial charge on any atom is -0.325 e. The normalized spacial score (nSPS) is 11.5. The predicted molar refractivity (Wildman–Crippen MR) is 108 cm³/mol. The lowest BCUT2D eigenvalue weighted by molar-refractivity contribution is 0.790. The molecule has 0 saturated carbocycles. The minimum atomic E-state index is 0.732. The van der Waals surface area contributed by atoms with Gasteiger partial charge in [-0.25, -0.2) is 9.97 Å². The van der Waals surface area contributed by atoms with Gasteiger partial charge in [-0.05, 0) is 36.4 Å². The third-order valence-corrected chi connectivity index (χ3v) is 5.30. The van der Waals surface area contributed by atoms with Crippen LogP contribution in [0.2, 0.25) is 0 Å². The van der Waals surface area contributed by atoms with Gasteiger partial charge in [0.05, 0.1) is 11.6 Å². The van der Waals surface area contributed by atoms with Gasteiger partial charge in [-0.15, -0.1) is 11.3 Å². The topological polar surface area (TPSA) is 55.1 Å². The van der Waals surface area contributed by atoms with Gasteiger partial charge in [0.1, 0.15) is 12.0 Å². The first-order valence-corrected chi connectivity index (χ1v) is 9.29. The van der Waals surface area contributed by atoms with Crippen LogP contribution in [0, 0.1) is 13.8 Å². The van der Waals surface area contributed by atoms with Crippen LogP contribution in [-0.4, -0.2) is 20.7 Å². The van der Waals surface area contributed by atoms with E-state index in [4.69, 9.17) is 0 Å². The number of hydrogen-bond acceptors (Lipinski definition) is 5. The second kappa shape index (κ2) is 7.09. The number of nitrogens with one attached hydrogen (secondary N) is 1. The largest absolute Gasteiger partial charge is 0.325 e.